The molecule has 0 radical (unpaired) electrons. The predicted molar refractivity (Wildman–Crippen MR) is 109 cm³/mol. The molecule has 2 atom stereocenters. The third kappa shape index (κ3) is 5.45. The average molecular weight is 452 g/mol. The Hall–Kier alpha value is -2.94. The lowest BCUT2D eigenvalue weighted by molar-refractivity contribution is -0.137. The van der Waals surface area contributed by atoms with Crippen molar-refractivity contribution in [3.63, 3.8) is 0 Å². The third-order valence-corrected chi connectivity index (χ3v) is 5.51. The number of alkyl halides is 3. The van der Waals surface area contributed by atoms with E-state index in [0.717, 1.165) is 18.2 Å². The summed E-state index contributed by atoms with van der Waals surface area (Å²) in [4.78, 5) is 27.1. The van der Waals surface area contributed by atoms with Crippen LogP contribution in [0.4, 0.5) is 17.6 Å². The van der Waals surface area contributed by atoms with Crippen LogP contribution in [0, 0.1) is 11.7 Å². The number of likely N-dealkylation sites (tertiary alicyclic amines) is 1. The van der Waals surface area contributed by atoms with Gasteiger partial charge in [-0.2, -0.15) is 13.2 Å². The largest absolute Gasteiger partial charge is 0.416 e. The molecule has 5 nitrogen and oxygen atoms in total. The topological polar surface area (TPSA) is 58.6 Å². The Morgan fingerprint density at radius 3 is 2.56 bits per heavy atom. The second kappa shape index (κ2) is 10.1. The Balaban J connectivity index is 1.87. The number of carbonyl (C=O) groups excluding carboxylic acids is 2. The molecular formula is C23H24F4N2O3. The zero-order chi connectivity index (χ0) is 23.3. The fourth-order valence-corrected chi connectivity index (χ4v) is 3.88. The molecule has 2 amide bonds. The van der Waals surface area contributed by atoms with E-state index in [2.05, 4.69) is 5.32 Å². The van der Waals surface area contributed by atoms with Crippen LogP contribution in [0.25, 0.3) is 0 Å². The summed E-state index contributed by atoms with van der Waals surface area (Å²) in [6.07, 6.45) is -3.96. The number of hydrogen-bond acceptors (Lipinski definition) is 3. The summed E-state index contributed by atoms with van der Waals surface area (Å²) in [7, 11) is 1.54. The number of amides is 2. The molecule has 1 saturated heterocycles. The van der Waals surface area contributed by atoms with Gasteiger partial charge in [-0.3, -0.25) is 9.59 Å². The van der Waals surface area contributed by atoms with E-state index >= 15 is 0 Å². The lowest BCUT2D eigenvalue weighted by Crippen LogP contribution is -2.36. The van der Waals surface area contributed by atoms with Crippen LogP contribution in [-0.4, -0.2) is 50.1 Å². The smallest absolute Gasteiger partial charge is 0.385 e. The minimum absolute atomic E-state index is 0.00460. The van der Waals surface area contributed by atoms with Crippen LogP contribution in [0.5, 0.6) is 0 Å². The number of rotatable bonds is 7. The number of nitrogens with zero attached hydrogens (tertiary/aromatic N) is 1. The van der Waals surface area contributed by atoms with Gasteiger partial charge in [0.15, 0.2) is 0 Å². The molecule has 0 saturated carbocycles. The first-order chi connectivity index (χ1) is 15.2. The van der Waals surface area contributed by atoms with E-state index in [1.165, 1.54) is 42.3 Å². The van der Waals surface area contributed by atoms with Gasteiger partial charge in [-0.05, 0) is 30.2 Å². The van der Waals surface area contributed by atoms with E-state index in [1.54, 1.807) is 0 Å². The van der Waals surface area contributed by atoms with Gasteiger partial charge < -0.3 is 15.0 Å². The molecule has 1 aliphatic heterocycles. The van der Waals surface area contributed by atoms with Crippen molar-refractivity contribution in [2.75, 3.05) is 33.4 Å². The molecule has 2 aromatic carbocycles. The van der Waals surface area contributed by atoms with Gasteiger partial charge in [-0.15, -0.1) is 0 Å². The van der Waals surface area contributed by atoms with Crippen molar-refractivity contribution in [3.8, 4) is 0 Å². The highest BCUT2D eigenvalue weighted by molar-refractivity contribution is 5.95. The van der Waals surface area contributed by atoms with Gasteiger partial charge in [0, 0.05) is 39.3 Å². The van der Waals surface area contributed by atoms with Crippen molar-refractivity contribution in [3.05, 3.63) is 71.0 Å². The second-order valence-corrected chi connectivity index (χ2v) is 7.66. The van der Waals surface area contributed by atoms with Gasteiger partial charge in [-0.1, -0.05) is 30.3 Å². The van der Waals surface area contributed by atoms with Crippen molar-refractivity contribution in [1.29, 1.82) is 0 Å². The highest BCUT2D eigenvalue weighted by atomic mass is 19.4. The molecule has 0 spiro atoms. The first kappa shape index (κ1) is 23.7. The molecule has 0 aliphatic carbocycles. The number of benzene rings is 2. The van der Waals surface area contributed by atoms with Crippen molar-refractivity contribution in [1.82, 2.24) is 10.2 Å². The number of methoxy groups -OCH3 is 1. The molecule has 32 heavy (non-hydrogen) atoms. The summed E-state index contributed by atoms with van der Waals surface area (Å²) in [5.41, 5.74) is -0.662. The van der Waals surface area contributed by atoms with Gasteiger partial charge in [0.2, 0.25) is 5.91 Å². The highest BCUT2D eigenvalue weighted by Gasteiger charge is 2.41. The Bertz CT molecular complexity index is 964. The van der Waals surface area contributed by atoms with Gasteiger partial charge >= 0.3 is 6.18 Å². The standard InChI is InChI=1S/C23H24F4N2O3/c1-32-11-5-10-28-21(30)19-14-29(22(31)17-8-2-3-9-20(17)24)13-18(19)15-6-4-7-16(12-15)23(25,26)27/h2-4,6-9,12,18-19H,5,10-11,13-14H2,1H3,(H,28,30). The number of hydrogen-bond donors (Lipinski definition) is 1. The highest BCUT2D eigenvalue weighted by Crippen LogP contribution is 2.37. The Morgan fingerprint density at radius 1 is 1.12 bits per heavy atom. The average Bonchev–Trinajstić information content (AvgIpc) is 3.22. The number of carbonyl (C=O) groups is 2. The molecule has 2 unspecified atom stereocenters. The van der Waals surface area contributed by atoms with E-state index in [4.69, 9.17) is 4.74 Å². The van der Waals surface area contributed by atoms with E-state index in [1.807, 2.05) is 0 Å². The summed E-state index contributed by atoms with van der Waals surface area (Å²) in [6, 6.07) is 10.2. The van der Waals surface area contributed by atoms with E-state index in [-0.39, 0.29) is 24.6 Å². The number of ether oxygens (including phenoxy) is 1. The maximum Gasteiger partial charge on any atom is 0.416 e. The molecule has 0 aromatic heterocycles. The fourth-order valence-electron chi connectivity index (χ4n) is 3.88. The van der Waals surface area contributed by atoms with Crippen LogP contribution in [0.1, 0.15) is 33.8 Å². The molecule has 0 bridgehead atoms. The SMILES string of the molecule is COCCCNC(=O)C1CN(C(=O)c2ccccc2F)CC1c1cccc(C(F)(F)F)c1. The third-order valence-electron chi connectivity index (χ3n) is 5.51. The zero-order valence-corrected chi connectivity index (χ0v) is 17.5. The Morgan fingerprint density at radius 2 is 1.88 bits per heavy atom. The van der Waals surface area contributed by atoms with E-state index in [9.17, 15) is 27.2 Å². The Kier molecular flexibility index (Phi) is 7.50. The first-order valence-corrected chi connectivity index (χ1v) is 10.2. The lowest BCUT2D eigenvalue weighted by atomic mass is 9.87. The van der Waals surface area contributed by atoms with Crippen LogP contribution >= 0.6 is 0 Å². The van der Waals surface area contributed by atoms with Gasteiger partial charge in [-0.25, -0.2) is 4.39 Å². The van der Waals surface area contributed by atoms with Crippen molar-refractivity contribution < 1.29 is 31.9 Å². The van der Waals surface area contributed by atoms with E-state index < -0.39 is 35.3 Å². The van der Waals surface area contributed by atoms with Crippen molar-refractivity contribution >= 4 is 11.8 Å². The summed E-state index contributed by atoms with van der Waals surface area (Å²) >= 11 is 0. The van der Waals surface area contributed by atoms with Gasteiger partial charge in [0.05, 0.1) is 17.0 Å². The molecule has 9 heteroatoms. The van der Waals surface area contributed by atoms with Gasteiger partial charge in [0.1, 0.15) is 5.82 Å². The molecule has 1 N–H and O–H groups in total. The van der Waals surface area contributed by atoms with Crippen molar-refractivity contribution in [2.45, 2.75) is 18.5 Å². The monoisotopic (exact) mass is 452 g/mol. The fraction of sp³-hybridized carbons (Fsp3) is 0.391. The van der Waals surface area contributed by atoms with Crippen LogP contribution < -0.4 is 5.32 Å². The Labute approximate surface area is 183 Å². The maximum atomic E-state index is 14.1. The molecular weight excluding hydrogens is 428 g/mol. The molecule has 1 aliphatic rings. The summed E-state index contributed by atoms with van der Waals surface area (Å²) < 4.78 is 58.7. The number of halogens is 4. The van der Waals surface area contributed by atoms with E-state index in [0.29, 0.717) is 25.1 Å². The molecule has 1 heterocycles. The molecule has 172 valence electrons. The van der Waals surface area contributed by atoms with Crippen LogP contribution in [-0.2, 0) is 15.7 Å². The quantitative estimate of drug-likeness (QED) is 0.513. The normalized spacial score (nSPS) is 18.6. The van der Waals surface area contributed by atoms with Crippen LogP contribution in [0.15, 0.2) is 48.5 Å². The molecule has 3 rings (SSSR count). The zero-order valence-electron chi connectivity index (χ0n) is 17.5. The maximum absolute atomic E-state index is 14.1. The van der Waals surface area contributed by atoms with Crippen LogP contribution in [0.2, 0.25) is 0 Å². The van der Waals surface area contributed by atoms with Crippen LogP contribution in [0.3, 0.4) is 0 Å². The molecule has 2 aromatic rings. The first-order valence-electron chi connectivity index (χ1n) is 10.2. The summed E-state index contributed by atoms with van der Waals surface area (Å²) in [5.74, 6) is -3.09. The van der Waals surface area contributed by atoms with Gasteiger partial charge in [0.25, 0.3) is 5.91 Å². The number of nitrogens with one attached hydrogen (secondary N) is 1. The van der Waals surface area contributed by atoms with Crippen molar-refractivity contribution in [2.24, 2.45) is 5.92 Å². The molecule has 1 fully saturated rings. The second-order valence-electron chi connectivity index (χ2n) is 7.66. The summed E-state index contributed by atoms with van der Waals surface area (Å²) in [6.45, 7) is 0.758. The predicted octanol–water partition coefficient (Wildman–Crippen LogP) is 3.85. The minimum Gasteiger partial charge on any atom is -0.385 e. The minimum atomic E-state index is -4.53. The summed E-state index contributed by atoms with van der Waals surface area (Å²) in [5, 5.41) is 2.76. The lowest BCUT2D eigenvalue weighted by Gasteiger charge is -2.19.